The summed E-state index contributed by atoms with van der Waals surface area (Å²) in [5, 5.41) is 12.8. The number of H-pyrrole nitrogens is 2. The molecule has 2 aliphatic rings. The molecule has 1 atom stereocenters. The number of aromatic amines is 2. The Balaban J connectivity index is 1.22. The van der Waals surface area contributed by atoms with E-state index < -0.39 is 0 Å². The summed E-state index contributed by atoms with van der Waals surface area (Å²) in [5.74, 6) is 7.39. The van der Waals surface area contributed by atoms with E-state index >= 15 is 0 Å². The van der Waals surface area contributed by atoms with Crippen molar-refractivity contribution in [3.63, 3.8) is 0 Å². The lowest BCUT2D eigenvalue weighted by atomic mass is 9.92. The third-order valence-corrected chi connectivity index (χ3v) is 9.11. The van der Waals surface area contributed by atoms with E-state index in [4.69, 9.17) is 4.98 Å². The minimum Gasteiger partial charge on any atom is -0.344 e. The van der Waals surface area contributed by atoms with Crippen molar-refractivity contribution in [3.8, 4) is 23.1 Å². The van der Waals surface area contributed by atoms with Crippen LogP contribution in [0, 0.1) is 18.8 Å². The lowest BCUT2D eigenvalue weighted by molar-refractivity contribution is 0.0938. The molecule has 1 aliphatic heterocycles. The second kappa shape index (κ2) is 12.4. The van der Waals surface area contributed by atoms with Crippen LogP contribution in [0.5, 0.6) is 0 Å². The van der Waals surface area contributed by atoms with Crippen LogP contribution in [0.4, 0.5) is 0 Å². The fraction of sp³-hybridized carbons (Fsp3) is 0.400. The number of pyridine rings is 2. The summed E-state index contributed by atoms with van der Waals surface area (Å²) in [6, 6.07) is 7.55. The second-order valence-corrected chi connectivity index (χ2v) is 12.4. The normalized spacial score (nSPS) is 16.6. The Morgan fingerprint density at radius 2 is 1.78 bits per heavy atom. The molecule has 1 aromatic carbocycles. The van der Waals surface area contributed by atoms with Crippen LogP contribution in [0.3, 0.4) is 0 Å². The number of hydrogen-bond acceptors (Lipinski definition) is 7. The molecule has 1 unspecified atom stereocenters. The highest BCUT2D eigenvalue weighted by molar-refractivity contribution is 6.08. The SMILES string of the molecule is Cc1cnc(C(C)NC(=O)c2ccc(-c3nc4cnc5n[nH]c(C#CCN6CCN(C)CC6)c5c4c4c3CCCCC4)cc2)[nH]1. The van der Waals surface area contributed by atoms with E-state index in [1.54, 1.807) is 6.20 Å². The molecular weight excluding hydrogens is 562 g/mol. The average molecular weight is 602 g/mol. The summed E-state index contributed by atoms with van der Waals surface area (Å²) in [6.07, 6.45) is 8.97. The van der Waals surface area contributed by atoms with Crippen LogP contribution in [0.2, 0.25) is 0 Å². The highest BCUT2D eigenvalue weighted by Crippen LogP contribution is 2.37. The molecule has 3 N–H and O–H groups in total. The summed E-state index contributed by atoms with van der Waals surface area (Å²) >= 11 is 0. The number of piperazine rings is 1. The molecule has 10 heteroatoms. The Kier molecular flexibility index (Phi) is 8.04. The summed E-state index contributed by atoms with van der Waals surface area (Å²) in [6.45, 7) is 8.83. The first-order valence-corrected chi connectivity index (χ1v) is 16.0. The minimum absolute atomic E-state index is 0.138. The number of carbonyl (C=O) groups excluding carboxylic acids is 1. The van der Waals surface area contributed by atoms with E-state index in [9.17, 15) is 4.79 Å². The van der Waals surface area contributed by atoms with Crippen LogP contribution in [0.25, 0.3) is 33.2 Å². The van der Waals surface area contributed by atoms with Gasteiger partial charge in [0.05, 0.1) is 35.4 Å². The van der Waals surface area contributed by atoms with Crippen molar-refractivity contribution in [1.29, 1.82) is 0 Å². The van der Waals surface area contributed by atoms with Crippen molar-refractivity contribution in [2.75, 3.05) is 39.8 Å². The van der Waals surface area contributed by atoms with Gasteiger partial charge in [0.2, 0.25) is 0 Å². The quantitative estimate of drug-likeness (QED) is 0.200. The summed E-state index contributed by atoms with van der Waals surface area (Å²) in [4.78, 5) is 35.2. The van der Waals surface area contributed by atoms with Crippen molar-refractivity contribution in [2.45, 2.75) is 52.0 Å². The van der Waals surface area contributed by atoms with Crippen LogP contribution in [0.15, 0.2) is 36.7 Å². The fourth-order valence-electron chi connectivity index (χ4n) is 6.53. The maximum atomic E-state index is 13.0. The van der Waals surface area contributed by atoms with E-state index in [2.05, 4.69) is 59.2 Å². The zero-order valence-corrected chi connectivity index (χ0v) is 26.2. The molecule has 1 fully saturated rings. The molecule has 1 aliphatic carbocycles. The molecule has 7 rings (SSSR count). The Morgan fingerprint density at radius 3 is 2.53 bits per heavy atom. The van der Waals surface area contributed by atoms with Crippen LogP contribution in [-0.4, -0.2) is 85.6 Å². The standard InChI is InChI=1S/C35H39N9O/c1-22-20-36-33(38-22)23(2)39-35(45)25-13-11-24(12-14-25)32-27-9-6-4-5-8-26(27)30-29(40-32)21-37-34-31(30)28(41-42-34)10-7-15-44-18-16-43(3)17-19-44/h11-14,20-21,23H,4-6,8-9,15-19H2,1-3H3,(H,36,38)(H,39,45)(H,37,41,42). The third-order valence-electron chi connectivity index (χ3n) is 9.11. The van der Waals surface area contributed by atoms with Gasteiger partial charge in [0.1, 0.15) is 11.5 Å². The Bertz CT molecular complexity index is 1920. The van der Waals surface area contributed by atoms with Gasteiger partial charge in [-0.15, -0.1) is 0 Å². The van der Waals surface area contributed by atoms with Gasteiger partial charge in [-0.3, -0.25) is 14.8 Å². The topological polar surface area (TPSA) is 119 Å². The van der Waals surface area contributed by atoms with Crippen molar-refractivity contribution >= 4 is 27.8 Å². The van der Waals surface area contributed by atoms with Crippen LogP contribution >= 0.6 is 0 Å². The zero-order valence-electron chi connectivity index (χ0n) is 26.2. The van der Waals surface area contributed by atoms with Gasteiger partial charge in [-0.05, 0) is 75.8 Å². The first-order chi connectivity index (χ1) is 21.9. The number of benzene rings is 1. The number of fused-ring (bicyclic) bond motifs is 5. The molecule has 230 valence electrons. The van der Waals surface area contributed by atoms with Crippen molar-refractivity contribution in [2.24, 2.45) is 0 Å². The number of imidazole rings is 1. The van der Waals surface area contributed by atoms with Gasteiger partial charge < -0.3 is 15.2 Å². The number of likely N-dealkylation sites (N-methyl/N-ethyl adjacent to an activating group) is 1. The largest absolute Gasteiger partial charge is 0.344 e. The van der Waals surface area contributed by atoms with Crippen LogP contribution in [0.1, 0.15) is 70.9 Å². The predicted octanol–water partition coefficient (Wildman–Crippen LogP) is 4.56. The van der Waals surface area contributed by atoms with E-state index in [1.165, 1.54) is 17.5 Å². The number of carbonyl (C=O) groups is 1. The predicted molar refractivity (Wildman–Crippen MR) is 176 cm³/mol. The van der Waals surface area contributed by atoms with Crippen molar-refractivity contribution in [1.82, 2.24) is 45.2 Å². The molecule has 1 saturated heterocycles. The van der Waals surface area contributed by atoms with Crippen molar-refractivity contribution < 1.29 is 4.79 Å². The molecule has 45 heavy (non-hydrogen) atoms. The number of amides is 1. The third kappa shape index (κ3) is 5.93. The number of nitrogens with one attached hydrogen (secondary N) is 3. The lowest BCUT2D eigenvalue weighted by Crippen LogP contribution is -2.44. The number of rotatable bonds is 5. The summed E-state index contributed by atoms with van der Waals surface area (Å²) in [7, 11) is 2.17. The molecule has 0 saturated carbocycles. The van der Waals surface area contributed by atoms with Gasteiger partial charge in [0, 0.05) is 54.6 Å². The maximum Gasteiger partial charge on any atom is 0.251 e. The number of nitrogens with zero attached hydrogens (tertiary/aromatic N) is 6. The minimum atomic E-state index is -0.225. The second-order valence-electron chi connectivity index (χ2n) is 12.4. The fourth-order valence-corrected chi connectivity index (χ4v) is 6.53. The molecule has 0 bridgehead atoms. The van der Waals surface area contributed by atoms with Gasteiger partial charge in [-0.2, -0.15) is 5.10 Å². The van der Waals surface area contributed by atoms with Gasteiger partial charge in [-0.1, -0.05) is 24.5 Å². The van der Waals surface area contributed by atoms with E-state index in [0.717, 1.165) is 103 Å². The molecule has 10 nitrogen and oxygen atoms in total. The molecule has 1 amide bonds. The van der Waals surface area contributed by atoms with Gasteiger partial charge in [0.25, 0.3) is 5.91 Å². The van der Waals surface area contributed by atoms with E-state index in [-0.39, 0.29) is 11.9 Å². The van der Waals surface area contributed by atoms with Gasteiger partial charge in [0.15, 0.2) is 5.65 Å². The first-order valence-electron chi connectivity index (χ1n) is 16.0. The molecule has 0 radical (unpaired) electrons. The van der Waals surface area contributed by atoms with E-state index in [1.807, 2.05) is 44.3 Å². The van der Waals surface area contributed by atoms with Crippen LogP contribution in [-0.2, 0) is 12.8 Å². The molecule has 5 heterocycles. The number of aryl methyl sites for hydroxylation is 2. The number of hydrogen-bond donors (Lipinski definition) is 3. The molecule has 5 aromatic rings. The highest BCUT2D eigenvalue weighted by atomic mass is 16.1. The van der Waals surface area contributed by atoms with E-state index in [0.29, 0.717) is 11.2 Å². The monoisotopic (exact) mass is 601 g/mol. The van der Waals surface area contributed by atoms with Gasteiger partial charge >= 0.3 is 0 Å². The maximum absolute atomic E-state index is 13.0. The first kappa shape index (κ1) is 29.1. The smallest absolute Gasteiger partial charge is 0.251 e. The average Bonchev–Trinajstić information content (AvgIpc) is 3.59. The number of aromatic nitrogens is 6. The summed E-state index contributed by atoms with van der Waals surface area (Å²) < 4.78 is 0. The lowest BCUT2D eigenvalue weighted by Gasteiger charge is -2.30. The highest BCUT2D eigenvalue weighted by Gasteiger charge is 2.23. The Labute approximate surface area is 263 Å². The Morgan fingerprint density at radius 1 is 1.00 bits per heavy atom. The summed E-state index contributed by atoms with van der Waals surface area (Å²) in [5.41, 5.74) is 8.49. The molecule has 4 aromatic heterocycles. The molecular formula is C35H39N9O. The van der Waals surface area contributed by atoms with Crippen LogP contribution < -0.4 is 5.32 Å². The molecule has 0 spiro atoms. The Hall–Kier alpha value is -4.59. The van der Waals surface area contributed by atoms with Gasteiger partial charge in [-0.25, -0.2) is 15.0 Å². The zero-order chi connectivity index (χ0) is 30.9. The van der Waals surface area contributed by atoms with Crippen molar-refractivity contribution in [3.05, 3.63) is 70.6 Å².